The van der Waals surface area contributed by atoms with Gasteiger partial charge in [-0.2, -0.15) is 5.26 Å². The lowest BCUT2D eigenvalue weighted by atomic mass is 9.76. The van der Waals surface area contributed by atoms with Gasteiger partial charge in [0.2, 0.25) is 0 Å². The van der Waals surface area contributed by atoms with Crippen molar-refractivity contribution >= 4 is 12.6 Å². The van der Waals surface area contributed by atoms with Gasteiger partial charge in [0.1, 0.15) is 18.3 Å². The molecule has 1 aliphatic heterocycles. The molecule has 6 nitrogen and oxygen atoms in total. The molecule has 0 spiro atoms. The maximum absolute atomic E-state index is 8.93. The third-order valence-electron chi connectivity index (χ3n) is 5.30. The van der Waals surface area contributed by atoms with E-state index >= 15 is 0 Å². The number of hydrogen-bond donors (Lipinski definition) is 0. The molecule has 1 saturated heterocycles. The quantitative estimate of drug-likeness (QED) is 0.404. The van der Waals surface area contributed by atoms with Crippen LogP contribution in [-0.4, -0.2) is 32.2 Å². The molecule has 0 radical (unpaired) electrons. The Morgan fingerprint density at radius 2 is 1.59 bits per heavy atom. The highest BCUT2D eigenvalue weighted by molar-refractivity contribution is 6.62. The van der Waals surface area contributed by atoms with Gasteiger partial charge in [0.15, 0.2) is 0 Å². The van der Waals surface area contributed by atoms with Crippen molar-refractivity contribution in [3.05, 3.63) is 53.6 Å². The van der Waals surface area contributed by atoms with Crippen molar-refractivity contribution in [3.8, 4) is 17.6 Å². The van der Waals surface area contributed by atoms with E-state index < -0.39 is 18.3 Å². The van der Waals surface area contributed by atoms with Crippen molar-refractivity contribution in [1.29, 1.82) is 5.26 Å². The number of hydrogen-bond acceptors (Lipinski definition) is 6. The van der Waals surface area contributed by atoms with Crippen molar-refractivity contribution in [2.75, 3.05) is 13.9 Å². The molecule has 1 aliphatic rings. The lowest BCUT2D eigenvalue weighted by Gasteiger charge is -2.32. The molecule has 0 unspecified atom stereocenters. The molecule has 2 aromatic carbocycles. The van der Waals surface area contributed by atoms with E-state index in [2.05, 4.69) is 6.07 Å². The first-order chi connectivity index (χ1) is 13.8. The summed E-state index contributed by atoms with van der Waals surface area (Å²) in [6.45, 7) is 8.61. The van der Waals surface area contributed by atoms with Crippen LogP contribution in [0.3, 0.4) is 0 Å². The van der Waals surface area contributed by atoms with E-state index in [1.165, 1.54) is 0 Å². The van der Waals surface area contributed by atoms with E-state index in [1.54, 1.807) is 31.4 Å². The number of benzene rings is 2. The van der Waals surface area contributed by atoms with Crippen LogP contribution in [0.2, 0.25) is 0 Å². The molecule has 0 saturated carbocycles. The van der Waals surface area contributed by atoms with Crippen molar-refractivity contribution in [2.45, 2.75) is 45.5 Å². The second kappa shape index (κ2) is 8.56. The van der Waals surface area contributed by atoms with E-state index in [1.807, 2.05) is 45.9 Å². The summed E-state index contributed by atoms with van der Waals surface area (Å²) in [5.74, 6) is 1.31. The summed E-state index contributed by atoms with van der Waals surface area (Å²) in [7, 11) is 1.09. The summed E-state index contributed by atoms with van der Waals surface area (Å²) in [6, 6.07) is 14.8. The van der Waals surface area contributed by atoms with E-state index in [9.17, 15) is 0 Å². The van der Waals surface area contributed by atoms with Gasteiger partial charge in [-0.25, -0.2) is 0 Å². The number of nitriles is 1. The minimum Gasteiger partial charge on any atom is -0.457 e. The maximum Gasteiger partial charge on any atom is 0.495 e. The second-order valence-corrected chi connectivity index (χ2v) is 7.94. The van der Waals surface area contributed by atoms with Crippen LogP contribution in [-0.2, 0) is 25.4 Å². The summed E-state index contributed by atoms with van der Waals surface area (Å²) in [5.41, 5.74) is 1.51. The minimum absolute atomic E-state index is 0.184. The minimum atomic E-state index is -0.495. The maximum atomic E-state index is 8.93. The second-order valence-electron chi connectivity index (χ2n) is 7.94. The van der Waals surface area contributed by atoms with Crippen LogP contribution in [0.25, 0.3) is 0 Å². The summed E-state index contributed by atoms with van der Waals surface area (Å²) in [4.78, 5) is 0. The molecule has 29 heavy (non-hydrogen) atoms. The Balaban J connectivity index is 1.85. The van der Waals surface area contributed by atoms with E-state index in [0.29, 0.717) is 23.7 Å². The van der Waals surface area contributed by atoms with Gasteiger partial charge in [0, 0.05) is 7.11 Å². The van der Waals surface area contributed by atoms with E-state index in [0.717, 1.165) is 11.0 Å². The van der Waals surface area contributed by atoms with Gasteiger partial charge in [-0.15, -0.1) is 0 Å². The topological polar surface area (TPSA) is 69.9 Å². The van der Waals surface area contributed by atoms with Gasteiger partial charge < -0.3 is 23.5 Å². The fraction of sp³-hybridized carbons (Fsp3) is 0.409. The van der Waals surface area contributed by atoms with Crippen LogP contribution in [0.4, 0.5) is 0 Å². The zero-order valence-corrected chi connectivity index (χ0v) is 17.5. The molecule has 2 aromatic rings. The first-order valence-electron chi connectivity index (χ1n) is 9.49. The standard InChI is InChI=1S/C22H26BNO5/c1-21(2)22(3,4)29-23(28-21)20-11-10-19(12-17(20)14-26-15-25-5)27-18-8-6-16(13-24)7-9-18/h6-12H,14-15H2,1-5H3. The van der Waals surface area contributed by atoms with Gasteiger partial charge in [0.05, 0.1) is 29.4 Å². The van der Waals surface area contributed by atoms with Crippen LogP contribution in [0, 0.1) is 11.3 Å². The molecule has 7 heteroatoms. The fourth-order valence-electron chi connectivity index (χ4n) is 2.94. The third kappa shape index (κ3) is 4.80. The number of ether oxygens (including phenoxy) is 3. The summed E-state index contributed by atoms with van der Waals surface area (Å²) >= 11 is 0. The molecule has 0 bridgehead atoms. The summed E-state index contributed by atoms with van der Waals surface area (Å²) < 4.78 is 28.9. The highest BCUT2D eigenvalue weighted by Crippen LogP contribution is 2.37. The Labute approximate surface area is 172 Å². The SMILES string of the molecule is COCOCc1cc(Oc2ccc(C#N)cc2)ccc1B1OC(C)(C)C(C)(C)O1. The molecular weight excluding hydrogens is 369 g/mol. The van der Waals surface area contributed by atoms with Crippen LogP contribution in [0.1, 0.15) is 38.8 Å². The molecule has 1 heterocycles. The summed E-state index contributed by atoms with van der Waals surface area (Å²) in [6.07, 6.45) is 0. The number of nitrogens with zero attached hydrogens (tertiary/aromatic N) is 1. The Kier molecular flexibility index (Phi) is 6.30. The van der Waals surface area contributed by atoms with Crippen LogP contribution in [0.5, 0.6) is 11.5 Å². The van der Waals surface area contributed by atoms with Crippen LogP contribution in [0.15, 0.2) is 42.5 Å². The smallest absolute Gasteiger partial charge is 0.457 e. The van der Waals surface area contributed by atoms with E-state index in [4.69, 9.17) is 28.8 Å². The van der Waals surface area contributed by atoms with E-state index in [-0.39, 0.29) is 6.79 Å². The highest BCUT2D eigenvalue weighted by atomic mass is 16.7. The molecule has 0 atom stereocenters. The molecule has 0 amide bonds. The van der Waals surface area contributed by atoms with Crippen molar-refractivity contribution in [2.24, 2.45) is 0 Å². The predicted molar refractivity (Wildman–Crippen MR) is 110 cm³/mol. The molecule has 1 fully saturated rings. The largest absolute Gasteiger partial charge is 0.495 e. The Morgan fingerprint density at radius 1 is 0.966 bits per heavy atom. The molecule has 152 valence electrons. The zero-order valence-electron chi connectivity index (χ0n) is 17.5. The van der Waals surface area contributed by atoms with Crippen molar-refractivity contribution in [1.82, 2.24) is 0 Å². The monoisotopic (exact) mass is 395 g/mol. The van der Waals surface area contributed by atoms with Crippen LogP contribution < -0.4 is 10.2 Å². The van der Waals surface area contributed by atoms with Crippen molar-refractivity contribution in [3.63, 3.8) is 0 Å². The lowest BCUT2D eigenvalue weighted by molar-refractivity contribution is -0.0389. The molecule has 0 N–H and O–H groups in total. The predicted octanol–water partition coefficient (Wildman–Crippen LogP) is 3.77. The van der Waals surface area contributed by atoms with Crippen molar-refractivity contribution < 1.29 is 23.5 Å². The van der Waals surface area contributed by atoms with Gasteiger partial charge in [0.25, 0.3) is 0 Å². The molecular formula is C22H26BNO5. The van der Waals surface area contributed by atoms with Gasteiger partial charge >= 0.3 is 7.12 Å². The lowest BCUT2D eigenvalue weighted by Crippen LogP contribution is -2.41. The summed E-state index contributed by atoms with van der Waals surface area (Å²) in [5, 5.41) is 8.93. The molecule has 0 aliphatic carbocycles. The average molecular weight is 395 g/mol. The van der Waals surface area contributed by atoms with Gasteiger partial charge in [-0.3, -0.25) is 0 Å². The van der Waals surface area contributed by atoms with Gasteiger partial charge in [-0.1, -0.05) is 6.07 Å². The average Bonchev–Trinajstić information content (AvgIpc) is 2.90. The first-order valence-corrected chi connectivity index (χ1v) is 9.49. The molecule has 3 rings (SSSR count). The Bertz CT molecular complexity index is 873. The normalized spacial score (nSPS) is 17.2. The molecule has 0 aromatic heterocycles. The number of rotatable bonds is 7. The number of methoxy groups -OCH3 is 1. The highest BCUT2D eigenvalue weighted by Gasteiger charge is 2.52. The zero-order chi connectivity index (χ0) is 21.1. The third-order valence-corrected chi connectivity index (χ3v) is 5.30. The first kappa shape index (κ1) is 21.3. The van der Waals surface area contributed by atoms with Crippen LogP contribution >= 0.6 is 0 Å². The Hall–Kier alpha value is -2.37. The fourth-order valence-corrected chi connectivity index (χ4v) is 2.94. The Morgan fingerprint density at radius 3 is 2.17 bits per heavy atom. The van der Waals surface area contributed by atoms with Gasteiger partial charge in [-0.05, 0) is 75.1 Å².